The minimum atomic E-state index is -1.42. The van der Waals surface area contributed by atoms with Crippen molar-refractivity contribution in [3.05, 3.63) is 41.4 Å². The second-order valence-corrected chi connectivity index (χ2v) is 9.66. The summed E-state index contributed by atoms with van der Waals surface area (Å²) in [6.45, 7) is 7.56. The number of fused-ring (bicyclic) bond motifs is 1. The van der Waals surface area contributed by atoms with E-state index in [4.69, 9.17) is 16.7 Å². The summed E-state index contributed by atoms with van der Waals surface area (Å²) >= 11 is 7.16. The molecule has 2 fully saturated rings. The van der Waals surface area contributed by atoms with Gasteiger partial charge in [-0.25, -0.2) is 9.18 Å². The Hall–Kier alpha value is -1.93. The molecule has 0 aliphatic carbocycles. The van der Waals surface area contributed by atoms with Gasteiger partial charge in [0.15, 0.2) is 5.54 Å². The lowest BCUT2D eigenvalue weighted by Crippen LogP contribution is -2.67. The topological polar surface area (TPSA) is 66.6 Å². The van der Waals surface area contributed by atoms with E-state index in [2.05, 4.69) is 5.16 Å². The van der Waals surface area contributed by atoms with Crippen LogP contribution in [0.2, 0.25) is 0 Å². The van der Waals surface area contributed by atoms with Crippen molar-refractivity contribution in [3.8, 4) is 11.3 Å². The third kappa shape index (κ3) is 2.20. The van der Waals surface area contributed by atoms with Crippen molar-refractivity contribution in [2.24, 2.45) is 5.92 Å². The Morgan fingerprint density at radius 2 is 2.00 bits per heavy atom. The molecule has 27 heavy (non-hydrogen) atoms. The van der Waals surface area contributed by atoms with Gasteiger partial charge >= 0.3 is 5.97 Å². The molecule has 142 valence electrons. The lowest BCUT2D eigenvalue weighted by molar-refractivity contribution is -0.152. The molecule has 2 saturated heterocycles. The molecular weight excluding hydrogens is 387 g/mol. The van der Waals surface area contributed by atoms with Gasteiger partial charge in [-0.1, -0.05) is 24.3 Å². The number of aryl methyl sites for hydroxylation is 1. The highest BCUT2D eigenvalue weighted by molar-refractivity contribution is 8.01. The number of carbonyl (C=O) groups is 1. The number of aromatic nitrogens is 1. The summed E-state index contributed by atoms with van der Waals surface area (Å²) in [7, 11) is 0. The second kappa shape index (κ2) is 5.78. The predicted molar refractivity (Wildman–Crippen MR) is 105 cm³/mol. The first-order valence-corrected chi connectivity index (χ1v) is 9.89. The minimum absolute atomic E-state index is 0.0148. The summed E-state index contributed by atoms with van der Waals surface area (Å²) in [5.74, 6) is -0.817. The van der Waals surface area contributed by atoms with Gasteiger partial charge in [-0.05, 0) is 45.0 Å². The molecule has 5 nitrogen and oxygen atoms in total. The zero-order valence-electron chi connectivity index (χ0n) is 15.3. The van der Waals surface area contributed by atoms with Crippen LogP contribution in [-0.2, 0) is 10.3 Å². The van der Waals surface area contributed by atoms with Crippen LogP contribution >= 0.6 is 24.0 Å². The van der Waals surface area contributed by atoms with E-state index in [0.717, 1.165) is 0 Å². The molecule has 0 unspecified atom stereocenters. The highest BCUT2D eigenvalue weighted by Crippen LogP contribution is 2.64. The number of aliphatic carboxylic acids is 1. The van der Waals surface area contributed by atoms with Crippen molar-refractivity contribution in [2.45, 2.75) is 43.4 Å². The van der Waals surface area contributed by atoms with Gasteiger partial charge in [0.25, 0.3) is 0 Å². The molecular formula is C19H19FN2O3S2. The van der Waals surface area contributed by atoms with Gasteiger partial charge in [-0.15, -0.1) is 11.8 Å². The van der Waals surface area contributed by atoms with Crippen molar-refractivity contribution >= 4 is 34.9 Å². The van der Waals surface area contributed by atoms with Crippen molar-refractivity contribution in [1.29, 1.82) is 0 Å². The lowest BCUT2D eigenvalue weighted by atomic mass is 9.73. The molecule has 2 aliphatic rings. The van der Waals surface area contributed by atoms with Crippen LogP contribution in [0, 0.1) is 18.7 Å². The van der Waals surface area contributed by atoms with Gasteiger partial charge in [0.1, 0.15) is 17.3 Å². The van der Waals surface area contributed by atoms with E-state index in [1.165, 1.54) is 12.1 Å². The van der Waals surface area contributed by atoms with E-state index in [9.17, 15) is 14.3 Å². The standard InChI is InChI=1S/C19H19FN2O3S2/c1-9-15(26)22-16(9)27-18(3,4)19(22,17(23)24)13-10(2)25-21-14(13)11-5-7-12(20)8-6-11/h5-9,16H,1-4H3,(H,23,24)/t9-,16-,19+/m1/s1. The van der Waals surface area contributed by atoms with Crippen LogP contribution in [0.1, 0.15) is 32.1 Å². The van der Waals surface area contributed by atoms with Gasteiger partial charge in [-0.3, -0.25) is 0 Å². The zero-order chi connectivity index (χ0) is 19.7. The van der Waals surface area contributed by atoms with Gasteiger partial charge in [0.05, 0.1) is 20.7 Å². The minimum Gasteiger partial charge on any atom is -0.479 e. The first-order chi connectivity index (χ1) is 12.6. The number of rotatable bonds is 3. The van der Waals surface area contributed by atoms with Crippen LogP contribution in [0.4, 0.5) is 4.39 Å². The lowest BCUT2D eigenvalue weighted by Gasteiger charge is -2.51. The molecule has 1 N–H and O–H groups in total. The van der Waals surface area contributed by atoms with Crippen LogP contribution in [-0.4, -0.2) is 36.2 Å². The quantitative estimate of drug-likeness (QED) is 0.766. The van der Waals surface area contributed by atoms with Crippen molar-refractivity contribution in [1.82, 2.24) is 10.1 Å². The second-order valence-electron chi connectivity index (χ2n) is 7.50. The van der Waals surface area contributed by atoms with Gasteiger partial charge < -0.3 is 14.5 Å². The number of halogens is 1. The Balaban J connectivity index is 2.00. The van der Waals surface area contributed by atoms with Crippen molar-refractivity contribution in [2.75, 3.05) is 0 Å². The third-order valence-electron chi connectivity index (χ3n) is 5.61. The van der Waals surface area contributed by atoms with Crippen LogP contribution < -0.4 is 0 Å². The van der Waals surface area contributed by atoms with E-state index in [0.29, 0.717) is 27.6 Å². The molecule has 2 aliphatic heterocycles. The molecule has 1 aromatic carbocycles. The maximum Gasteiger partial charge on any atom is 0.336 e. The number of carboxylic acid groups (broad SMARTS) is 1. The summed E-state index contributed by atoms with van der Waals surface area (Å²) in [5, 5.41) is 14.6. The van der Waals surface area contributed by atoms with Crippen LogP contribution in [0.15, 0.2) is 28.8 Å². The summed E-state index contributed by atoms with van der Waals surface area (Å²) in [4.78, 5) is 15.3. The molecule has 3 heterocycles. The molecule has 0 bridgehead atoms. The predicted octanol–water partition coefficient (Wildman–Crippen LogP) is 4.20. The number of carboxylic acids is 1. The van der Waals surface area contributed by atoms with Gasteiger partial charge in [-0.2, -0.15) is 0 Å². The van der Waals surface area contributed by atoms with E-state index >= 15 is 0 Å². The normalized spacial score (nSPS) is 28.8. The van der Waals surface area contributed by atoms with E-state index in [1.54, 1.807) is 30.8 Å². The highest BCUT2D eigenvalue weighted by atomic mass is 32.2. The maximum atomic E-state index is 13.4. The van der Waals surface area contributed by atoms with E-state index < -0.39 is 16.3 Å². The Labute approximate surface area is 165 Å². The molecule has 0 saturated carbocycles. The molecule has 1 aromatic heterocycles. The summed E-state index contributed by atoms with van der Waals surface area (Å²) in [6, 6.07) is 5.80. The smallest absolute Gasteiger partial charge is 0.336 e. The Bertz CT molecular complexity index is 956. The van der Waals surface area contributed by atoms with Crippen LogP contribution in [0.25, 0.3) is 11.3 Å². The summed E-state index contributed by atoms with van der Waals surface area (Å²) in [5.41, 5.74) is 0.0785. The van der Waals surface area contributed by atoms with Gasteiger partial charge in [0.2, 0.25) is 0 Å². The van der Waals surface area contributed by atoms with Crippen molar-refractivity contribution < 1.29 is 18.8 Å². The maximum absolute atomic E-state index is 13.4. The number of thiocarbonyl (C=S) groups is 1. The molecule has 4 rings (SSSR count). The summed E-state index contributed by atoms with van der Waals surface area (Å²) in [6.07, 6.45) is 0. The van der Waals surface area contributed by atoms with E-state index in [1.807, 2.05) is 25.7 Å². The molecule has 0 spiro atoms. The SMILES string of the molecule is Cc1onc(-c2ccc(F)cc2)c1[C@@]1(C(=O)O)N2C(=S)[C@@H](C)[C@H]2SC1(C)C. The van der Waals surface area contributed by atoms with E-state index in [-0.39, 0.29) is 17.1 Å². The largest absolute Gasteiger partial charge is 0.479 e. The molecule has 2 aromatic rings. The fraction of sp³-hybridized carbons (Fsp3) is 0.421. The fourth-order valence-electron chi connectivity index (χ4n) is 4.29. The molecule has 0 radical (unpaired) electrons. The average Bonchev–Trinajstić information content (AvgIpc) is 3.09. The number of thioether (sulfide) groups is 1. The fourth-order valence-corrected chi connectivity index (χ4v) is 6.59. The van der Waals surface area contributed by atoms with Crippen LogP contribution in [0.3, 0.4) is 0 Å². The Morgan fingerprint density at radius 1 is 1.37 bits per heavy atom. The first kappa shape index (κ1) is 18.4. The first-order valence-electron chi connectivity index (χ1n) is 8.60. The van der Waals surface area contributed by atoms with Crippen LogP contribution in [0.5, 0.6) is 0 Å². The number of nitrogens with zero attached hydrogens (tertiary/aromatic N) is 2. The third-order valence-corrected chi connectivity index (χ3v) is 7.92. The number of hydrogen-bond donors (Lipinski definition) is 1. The number of benzene rings is 1. The summed E-state index contributed by atoms with van der Waals surface area (Å²) < 4.78 is 18.1. The Kier molecular flexibility index (Phi) is 3.95. The highest BCUT2D eigenvalue weighted by Gasteiger charge is 2.72. The Morgan fingerprint density at radius 3 is 2.59 bits per heavy atom. The molecule has 8 heteroatoms. The zero-order valence-corrected chi connectivity index (χ0v) is 16.9. The molecule has 0 amide bonds. The molecule has 3 atom stereocenters. The average molecular weight is 407 g/mol. The van der Waals surface area contributed by atoms with Crippen molar-refractivity contribution in [3.63, 3.8) is 0 Å². The van der Waals surface area contributed by atoms with Gasteiger partial charge in [0, 0.05) is 11.5 Å². The monoisotopic (exact) mass is 406 g/mol. The number of hydrogen-bond acceptors (Lipinski definition) is 5.